The zero-order chi connectivity index (χ0) is 15.8. The molecule has 0 radical (unpaired) electrons. The predicted octanol–water partition coefficient (Wildman–Crippen LogP) is 1.53. The quantitative estimate of drug-likeness (QED) is 0.710. The summed E-state index contributed by atoms with van der Waals surface area (Å²) in [5, 5.41) is 7.99. The standard InChI is InChI=1S/C15H30N4O2/c1-7-12(20-5)14(16-8-2)15-13(21-6)11-17-19(15)10-9-18(3)4/h11-12,14,16H,7-10H2,1-6H3. The largest absolute Gasteiger partial charge is 0.493 e. The maximum Gasteiger partial charge on any atom is 0.161 e. The van der Waals surface area contributed by atoms with Crippen molar-refractivity contribution < 1.29 is 9.47 Å². The number of likely N-dealkylation sites (N-methyl/N-ethyl adjacent to an activating group) is 2. The van der Waals surface area contributed by atoms with Gasteiger partial charge >= 0.3 is 0 Å². The van der Waals surface area contributed by atoms with Crippen LogP contribution in [0.4, 0.5) is 0 Å². The molecule has 122 valence electrons. The molecule has 0 aliphatic heterocycles. The maximum atomic E-state index is 5.65. The van der Waals surface area contributed by atoms with Crippen molar-refractivity contribution >= 4 is 0 Å². The SMILES string of the molecule is CCNC(c1c(OC)cnn1CCN(C)C)C(CC)OC. The highest BCUT2D eigenvalue weighted by molar-refractivity contribution is 5.29. The van der Waals surface area contributed by atoms with Gasteiger partial charge in [-0.05, 0) is 27.1 Å². The van der Waals surface area contributed by atoms with Crippen LogP contribution >= 0.6 is 0 Å². The number of nitrogens with zero attached hydrogens (tertiary/aromatic N) is 3. The minimum absolute atomic E-state index is 0.0737. The molecule has 1 heterocycles. The van der Waals surface area contributed by atoms with Crippen LogP contribution in [0.25, 0.3) is 0 Å². The Morgan fingerprint density at radius 3 is 2.52 bits per heavy atom. The van der Waals surface area contributed by atoms with E-state index in [4.69, 9.17) is 9.47 Å². The van der Waals surface area contributed by atoms with Crippen molar-refractivity contribution in [1.82, 2.24) is 20.0 Å². The number of rotatable bonds is 10. The summed E-state index contributed by atoms with van der Waals surface area (Å²) in [5.74, 6) is 0.815. The normalized spacial score (nSPS) is 14.4. The Bertz CT molecular complexity index is 402. The van der Waals surface area contributed by atoms with E-state index in [1.54, 1.807) is 20.4 Å². The number of aromatic nitrogens is 2. The molecule has 2 atom stereocenters. The average Bonchev–Trinajstić information content (AvgIpc) is 2.88. The lowest BCUT2D eigenvalue weighted by Crippen LogP contribution is -2.35. The van der Waals surface area contributed by atoms with Gasteiger partial charge in [0.25, 0.3) is 0 Å². The van der Waals surface area contributed by atoms with Gasteiger partial charge in [-0.3, -0.25) is 4.68 Å². The molecular formula is C15H30N4O2. The van der Waals surface area contributed by atoms with Crippen molar-refractivity contribution in [3.8, 4) is 5.75 Å². The molecule has 0 aliphatic carbocycles. The van der Waals surface area contributed by atoms with Crippen molar-refractivity contribution in [2.24, 2.45) is 0 Å². The van der Waals surface area contributed by atoms with Gasteiger partial charge in [-0.25, -0.2) is 0 Å². The Morgan fingerprint density at radius 1 is 1.33 bits per heavy atom. The third-order valence-electron chi connectivity index (χ3n) is 3.62. The molecule has 0 aliphatic rings. The van der Waals surface area contributed by atoms with Crippen LogP contribution in [-0.2, 0) is 11.3 Å². The van der Waals surface area contributed by atoms with E-state index in [0.717, 1.165) is 37.5 Å². The molecule has 0 saturated heterocycles. The van der Waals surface area contributed by atoms with Crippen LogP contribution in [0, 0.1) is 0 Å². The first-order valence-corrected chi connectivity index (χ1v) is 7.59. The molecule has 1 N–H and O–H groups in total. The van der Waals surface area contributed by atoms with Crippen LogP contribution in [0.15, 0.2) is 6.20 Å². The van der Waals surface area contributed by atoms with Crippen molar-refractivity contribution in [2.75, 3.05) is 41.4 Å². The van der Waals surface area contributed by atoms with Crippen molar-refractivity contribution in [1.29, 1.82) is 0 Å². The van der Waals surface area contributed by atoms with E-state index >= 15 is 0 Å². The van der Waals surface area contributed by atoms with Gasteiger partial charge in [0.05, 0.1) is 37.7 Å². The van der Waals surface area contributed by atoms with E-state index in [9.17, 15) is 0 Å². The summed E-state index contributed by atoms with van der Waals surface area (Å²) < 4.78 is 13.2. The zero-order valence-corrected chi connectivity index (χ0v) is 14.2. The zero-order valence-electron chi connectivity index (χ0n) is 14.2. The van der Waals surface area contributed by atoms with E-state index < -0.39 is 0 Å². The summed E-state index contributed by atoms with van der Waals surface area (Å²) in [6, 6.07) is 0.0737. The second-order valence-electron chi connectivity index (χ2n) is 5.34. The summed E-state index contributed by atoms with van der Waals surface area (Å²) in [7, 11) is 7.57. The van der Waals surface area contributed by atoms with Crippen LogP contribution in [0.2, 0.25) is 0 Å². The van der Waals surface area contributed by atoms with Gasteiger partial charge in [0, 0.05) is 13.7 Å². The first-order valence-electron chi connectivity index (χ1n) is 7.59. The molecule has 0 amide bonds. The van der Waals surface area contributed by atoms with E-state index in [2.05, 4.69) is 43.3 Å². The second-order valence-corrected chi connectivity index (χ2v) is 5.34. The van der Waals surface area contributed by atoms with Gasteiger partial charge in [-0.2, -0.15) is 5.10 Å². The second kappa shape index (κ2) is 9.02. The summed E-state index contributed by atoms with van der Waals surface area (Å²) in [6.45, 7) is 6.86. The summed E-state index contributed by atoms with van der Waals surface area (Å²) in [4.78, 5) is 2.15. The molecule has 0 spiro atoms. The van der Waals surface area contributed by atoms with Crippen LogP contribution in [0.5, 0.6) is 5.75 Å². The minimum atomic E-state index is 0.0737. The number of hydrogen-bond acceptors (Lipinski definition) is 5. The number of ether oxygens (including phenoxy) is 2. The van der Waals surface area contributed by atoms with Gasteiger partial charge in [0.15, 0.2) is 5.75 Å². The van der Waals surface area contributed by atoms with Crippen LogP contribution in [-0.4, -0.2) is 62.2 Å². The first kappa shape index (κ1) is 17.9. The van der Waals surface area contributed by atoms with Crippen molar-refractivity contribution in [3.63, 3.8) is 0 Å². The molecule has 1 aromatic rings. The molecular weight excluding hydrogens is 268 g/mol. The highest BCUT2D eigenvalue weighted by Crippen LogP contribution is 2.29. The van der Waals surface area contributed by atoms with Gasteiger partial charge in [0.1, 0.15) is 0 Å². The highest BCUT2D eigenvalue weighted by atomic mass is 16.5. The molecule has 6 nitrogen and oxygen atoms in total. The highest BCUT2D eigenvalue weighted by Gasteiger charge is 2.28. The maximum absolute atomic E-state index is 5.65. The van der Waals surface area contributed by atoms with Crippen LogP contribution in [0.3, 0.4) is 0 Å². The molecule has 0 bridgehead atoms. The van der Waals surface area contributed by atoms with Gasteiger partial charge in [-0.1, -0.05) is 13.8 Å². The predicted molar refractivity (Wildman–Crippen MR) is 84.8 cm³/mol. The third-order valence-corrected chi connectivity index (χ3v) is 3.62. The van der Waals surface area contributed by atoms with Gasteiger partial charge in [-0.15, -0.1) is 0 Å². The fourth-order valence-electron chi connectivity index (χ4n) is 2.48. The summed E-state index contributed by atoms with van der Waals surface area (Å²) in [6.07, 6.45) is 2.81. The lowest BCUT2D eigenvalue weighted by Gasteiger charge is -2.27. The van der Waals surface area contributed by atoms with E-state index in [1.807, 2.05) is 4.68 Å². The lowest BCUT2D eigenvalue weighted by atomic mass is 10.0. The Morgan fingerprint density at radius 2 is 2.05 bits per heavy atom. The van der Waals surface area contributed by atoms with Gasteiger partial charge in [0.2, 0.25) is 0 Å². The molecule has 0 fully saturated rings. The average molecular weight is 298 g/mol. The van der Waals surface area contributed by atoms with E-state index in [-0.39, 0.29) is 12.1 Å². The fraction of sp³-hybridized carbons (Fsp3) is 0.800. The first-order chi connectivity index (χ1) is 10.1. The van der Waals surface area contributed by atoms with Crippen LogP contribution in [0.1, 0.15) is 32.0 Å². The molecule has 21 heavy (non-hydrogen) atoms. The van der Waals surface area contributed by atoms with Crippen LogP contribution < -0.4 is 10.1 Å². The molecule has 0 aromatic carbocycles. The lowest BCUT2D eigenvalue weighted by molar-refractivity contribution is 0.0617. The Hall–Kier alpha value is -1.11. The third kappa shape index (κ3) is 4.69. The summed E-state index contributed by atoms with van der Waals surface area (Å²) in [5.41, 5.74) is 1.06. The minimum Gasteiger partial charge on any atom is -0.493 e. The Kier molecular flexibility index (Phi) is 7.71. The molecule has 2 unspecified atom stereocenters. The van der Waals surface area contributed by atoms with E-state index in [0.29, 0.717) is 0 Å². The number of nitrogens with one attached hydrogen (secondary N) is 1. The monoisotopic (exact) mass is 298 g/mol. The molecule has 1 rings (SSSR count). The van der Waals surface area contributed by atoms with Crippen molar-refractivity contribution in [3.05, 3.63) is 11.9 Å². The van der Waals surface area contributed by atoms with E-state index in [1.165, 1.54) is 0 Å². The topological polar surface area (TPSA) is 51.5 Å². The Labute approximate surface area is 128 Å². The fourth-order valence-corrected chi connectivity index (χ4v) is 2.48. The summed E-state index contributed by atoms with van der Waals surface area (Å²) >= 11 is 0. The molecule has 6 heteroatoms. The smallest absolute Gasteiger partial charge is 0.161 e. The molecule has 1 aromatic heterocycles. The Balaban J connectivity index is 3.10. The van der Waals surface area contributed by atoms with Gasteiger partial charge < -0.3 is 19.7 Å². The number of methoxy groups -OCH3 is 2. The van der Waals surface area contributed by atoms with Crippen molar-refractivity contribution in [2.45, 2.75) is 39.0 Å². The number of hydrogen-bond donors (Lipinski definition) is 1. The molecule has 0 saturated carbocycles.